The summed E-state index contributed by atoms with van der Waals surface area (Å²) in [6.45, 7) is 1.86. The summed E-state index contributed by atoms with van der Waals surface area (Å²) in [5.41, 5.74) is -1.48. The van der Waals surface area contributed by atoms with Gasteiger partial charge in [-0.05, 0) is 50.7 Å². The third kappa shape index (κ3) is 3.23. The molecule has 8 heteroatoms. The molecule has 6 rings (SSSR count). The predicted molar refractivity (Wildman–Crippen MR) is 117 cm³/mol. The third-order valence-corrected chi connectivity index (χ3v) is 8.04. The summed E-state index contributed by atoms with van der Waals surface area (Å²) in [4.78, 5) is 27.4. The van der Waals surface area contributed by atoms with Gasteiger partial charge in [0.1, 0.15) is 5.67 Å². The van der Waals surface area contributed by atoms with Gasteiger partial charge in [-0.25, -0.2) is 4.39 Å². The molecule has 0 radical (unpaired) electrons. The number of rotatable bonds is 4. The second-order valence-corrected chi connectivity index (χ2v) is 10.5. The minimum atomic E-state index is -1.15. The number of anilines is 1. The van der Waals surface area contributed by atoms with Gasteiger partial charge < -0.3 is 10.6 Å². The van der Waals surface area contributed by atoms with E-state index in [1.54, 1.807) is 17.0 Å². The number of halogens is 2. The number of hydrogen-bond donors (Lipinski definition) is 3. The number of benzene rings is 1. The van der Waals surface area contributed by atoms with Gasteiger partial charge in [-0.1, -0.05) is 43.0 Å². The van der Waals surface area contributed by atoms with E-state index in [4.69, 9.17) is 17.0 Å². The van der Waals surface area contributed by atoms with Crippen LogP contribution in [0.5, 0.6) is 0 Å². The zero-order valence-corrected chi connectivity index (χ0v) is 18.4. The second-order valence-electron chi connectivity index (χ2n) is 10.1. The SMILES string of the molecule is C[C@@]1(c2cccc(NC(=O)C34CC(F)(C3)C4)c2Cl)CC(=O)N(C2CCCCC2)C(=N)N1. The van der Waals surface area contributed by atoms with Crippen LogP contribution < -0.4 is 10.6 Å². The Labute approximate surface area is 186 Å². The van der Waals surface area contributed by atoms with Crippen LogP contribution in [0.25, 0.3) is 0 Å². The van der Waals surface area contributed by atoms with Crippen molar-refractivity contribution in [1.29, 1.82) is 5.41 Å². The van der Waals surface area contributed by atoms with Crippen LogP contribution in [-0.2, 0) is 15.1 Å². The Morgan fingerprint density at radius 3 is 2.55 bits per heavy atom. The summed E-state index contributed by atoms with van der Waals surface area (Å²) in [6, 6.07) is 5.40. The van der Waals surface area contributed by atoms with E-state index in [1.165, 1.54) is 6.42 Å². The molecule has 1 aromatic rings. The summed E-state index contributed by atoms with van der Waals surface area (Å²) in [6.07, 6.45) is 6.22. The van der Waals surface area contributed by atoms with E-state index >= 15 is 0 Å². The molecule has 0 unspecified atom stereocenters. The molecular weight excluding hydrogens is 419 g/mol. The van der Waals surface area contributed by atoms with E-state index in [9.17, 15) is 14.0 Å². The van der Waals surface area contributed by atoms with E-state index in [1.807, 2.05) is 13.0 Å². The second kappa shape index (κ2) is 6.92. The zero-order chi connectivity index (χ0) is 22.0. The van der Waals surface area contributed by atoms with E-state index in [-0.39, 0.29) is 49.5 Å². The molecule has 166 valence electrons. The number of nitrogens with one attached hydrogen (secondary N) is 3. The zero-order valence-electron chi connectivity index (χ0n) is 17.7. The van der Waals surface area contributed by atoms with Crippen LogP contribution in [0.15, 0.2) is 18.2 Å². The van der Waals surface area contributed by atoms with Crippen molar-refractivity contribution in [3.63, 3.8) is 0 Å². The van der Waals surface area contributed by atoms with Crippen LogP contribution in [0, 0.1) is 10.8 Å². The maximum absolute atomic E-state index is 13.8. The molecule has 5 aliphatic rings. The fourth-order valence-electron chi connectivity index (χ4n) is 5.98. The first-order valence-electron chi connectivity index (χ1n) is 11.1. The standard InChI is InChI=1S/C23H28ClFN4O2/c1-21(10-17(30)29(20(26)28-21)14-6-3-2-4-7-14)15-8-5-9-16(18(15)24)27-19(31)22-11-23(25,12-22)13-22/h5,8-9,14H,2-4,6-7,10-13H2,1H3,(H2,26,28)(H,27,31)/t21-,22?,23?/m0/s1. The lowest BCUT2D eigenvalue weighted by molar-refractivity contribution is -0.209. The van der Waals surface area contributed by atoms with Crippen molar-refractivity contribution in [3.05, 3.63) is 28.8 Å². The van der Waals surface area contributed by atoms with Crippen molar-refractivity contribution in [3.8, 4) is 0 Å². The highest BCUT2D eigenvalue weighted by Crippen LogP contribution is 2.69. The van der Waals surface area contributed by atoms with Gasteiger partial charge in [-0.2, -0.15) is 0 Å². The van der Waals surface area contributed by atoms with Crippen LogP contribution in [0.4, 0.5) is 10.1 Å². The lowest BCUT2D eigenvalue weighted by Gasteiger charge is -2.64. The lowest BCUT2D eigenvalue weighted by atomic mass is 9.42. The highest BCUT2D eigenvalue weighted by molar-refractivity contribution is 6.34. The number of carbonyl (C=O) groups is 2. The summed E-state index contributed by atoms with van der Waals surface area (Å²) < 4.78 is 13.8. The first-order valence-corrected chi connectivity index (χ1v) is 11.5. The summed E-state index contributed by atoms with van der Waals surface area (Å²) in [5.74, 6) is -0.163. The molecule has 0 spiro atoms. The van der Waals surface area contributed by atoms with Crippen LogP contribution >= 0.6 is 11.6 Å². The van der Waals surface area contributed by atoms with Gasteiger partial charge in [0.05, 0.1) is 28.1 Å². The van der Waals surface area contributed by atoms with Crippen LogP contribution in [-0.4, -0.2) is 34.4 Å². The third-order valence-electron chi connectivity index (χ3n) is 7.64. The van der Waals surface area contributed by atoms with Crippen molar-refractivity contribution in [2.24, 2.45) is 5.41 Å². The molecule has 4 saturated carbocycles. The Kier molecular flexibility index (Phi) is 4.63. The van der Waals surface area contributed by atoms with Gasteiger partial charge in [-0.3, -0.25) is 19.9 Å². The Balaban J connectivity index is 1.35. The lowest BCUT2D eigenvalue weighted by Crippen LogP contribution is -2.69. The van der Waals surface area contributed by atoms with Gasteiger partial charge in [0.25, 0.3) is 0 Å². The number of nitrogens with zero attached hydrogens (tertiary/aromatic N) is 1. The minimum absolute atomic E-state index is 0.0780. The Bertz CT molecular complexity index is 937. The molecular formula is C23H28ClFN4O2. The quantitative estimate of drug-likeness (QED) is 0.637. The summed E-state index contributed by atoms with van der Waals surface area (Å²) >= 11 is 6.68. The molecule has 6 nitrogen and oxygen atoms in total. The van der Waals surface area contributed by atoms with E-state index < -0.39 is 16.6 Å². The van der Waals surface area contributed by atoms with Gasteiger partial charge >= 0.3 is 0 Å². The van der Waals surface area contributed by atoms with Crippen LogP contribution in [0.2, 0.25) is 5.02 Å². The van der Waals surface area contributed by atoms with E-state index in [0.29, 0.717) is 16.3 Å². The number of carbonyl (C=O) groups excluding carboxylic acids is 2. The monoisotopic (exact) mass is 446 g/mol. The Morgan fingerprint density at radius 2 is 1.94 bits per heavy atom. The number of alkyl halides is 1. The number of guanidine groups is 1. The van der Waals surface area contributed by atoms with Crippen LogP contribution in [0.1, 0.15) is 70.3 Å². The predicted octanol–water partition coefficient (Wildman–Crippen LogP) is 4.48. The van der Waals surface area contributed by atoms with Gasteiger partial charge in [-0.15, -0.1) is 0 Å². The maximum Gasteiger partial charge on any atom is 0.232 e. The maximum atomic E-state index is 13.8. The fourth-order valence-corrected chi connectivity index (χ4v) is 6.36. The van der Waals surface area contributed by atoms with Gasteiger partial charge in [0.2, 0.25) is 11.8 Å². The molecule has 2 bridgehead atoms. The molecule has 5 fully saturated rings. The molecule has 1 aliphatic heterocycles. The average molecular weight is 447 g/mol. The normalized spacial score (nSPS) is 35.1. The minimum Gasteiger partial charge on any atom is -0.346 e. The average Bonchev–Trinajstić information content (AvgIpc) is 2.66. The molecule has 2 amide bonds. The number of hydrogen-bond acceptors (Lipinski definition) is 3. The molecule has 1 atom stereocenters. The molecule has 31 heavy (non-hydrogen) atoms. The van der Waals surface area contributed by atoms with Gasteiger partial charge in [0, 0.05) is 6.04 Å². The molecule has 0 aromatic heterocycles. The van der Waals surface area contributed by atoms with Crippen molar-refractivity contribution in [2.45, 2.75) is 82.0 Å². The van der Waals surface area contributed by atoms with E-state index in [2.05, 4.69) is 10.6 Å². The molecule has 4 aliphatic carbocycles. The van der Waals surface area contributed by atoms with E-state index in [0.717, 1.165) is 25.7 Å². The van der Waals surface area contributed by atoms with Crippen molar-refractivity contribution in [2.75, 3.05) is 5.32 Å². The first kappa shape index (κ1) is 20.7. The highest BCUT2D eigenvalue weighted by atomic mass is 35.5. The molecule has 1 aromatic carbocycles. The van der Waals surface area contributed by atoms with Gasteiger partial charge in [0.15, 0.2) is 5.96 Å². The fraction of sp³-hybridized carbons (Fsp3) is 0.609. The van der Waals surface area contributed by atoms with Crippen molar-refractivity contribution >= 4 is 35.1 Å². The Hall–Kier alpha value is -2.15. The highest BCUT2D eigenvalue weighted by Gasteiger charge is 2.72. The summed E-state index contributed by atoms with van der Waals surface area (Å²) in [7, 11) is 0. The van der Waals surface area contributed by atoms with Crippen molar-refractivity contribution < 1.29 is 14.0 Å². The smallest absolute Gasteiger partial charge is 0.232 e. The topological polar surface area (TPSA) is 85.3 Å². The molecule has 3 N–H and O–H groups in total. The number of amides is 2. The summed E-state index contributed by atoms with van der Waals surface area (Å²) in [5, 5.41) is 15.0. The largest absolute Gasteiger partial charge is 0.346 e. The molecule has 1 heterocycles. The Morgan fingerprint density at radius 1 is 1.26 bits per heavy atom. The van der Waals surface area contributed by atoms with Crippen LogP contribution in [0.3, 0.4) is 0 Å². The molecule has 1 saturated heterocycles. The first-order chi connectivity index (χ1) is 14.6. The van der Waals surface area contributed by atoms with Crippen molar-refractivity contribution in [1.82, 2.24) is 10.2 Å².